The number of rotatable bonds is 4. The van der Waals surface area contributed by atoms with Crippen LogP contribution in [-0.4, -0.2) is 14.7 Å². The average Bonchev–Trinajstić information content (AvgIpc) is 2.83. The molecule has 2 aromatic rings. The number of hydrogen-bond donors (Lipinski definition) is 2. The van der Waals surface area contributed by atoms with Gasteiger partial charge >= 0.3 is 0 Å². The Morgan fingerprint density at radius 3 is 2.61 bits per heavy atom. The second-order valence-corrected chi connectivity index (χ2v) is 6.80. The molecule has 0 fully saturated rings. The second-order valence-electron chi connectivity index (χ2n) is 4.00. The largest absolute Gasteiger partial charge is 0.271 e. The van der Waals surface area contributed by atoms with Crippen LogP contribution in [0.15, 0.2) is 46.0 Å². The Hall–Kier alpha value is -1.21. The Labute approximate surface area is 110 Å². The summed E-state index contributed by atoms with van der Waals surface area (Å²) in [5.74, 6) is 5.56. The summed E-state index contributed by atoms with van der Waals surface area (Å²) < 4.78 is 23.1. The molecule has 1 unspecified atom stereocenters. The fourth-order valence-corrected chi connectivity index (χ4v) is 3.11. The molecule has 1 heterocycles. The van der Waals surface area contributed by atoms with E-state index in [1.807, 2.05) is 22.9 Å². The fraction of sp³-hybridized carbons (Fsp3) is 0.167. The highest BCUT2D eigenvalue weighted by Gasteiger charge is 2.15. The first-order chi connectivity index (χ1) is 8.52. The predicted molar refractivity (Wildman–Crippen MR) is 73.0 cm³/mol. The molecule has 0 amide bonds. The molecule has 4 nitrogen and oxygen atoms in total. The van der Waals surface area contributed by atoms with Crippen molar-refractivity contribution < 1.29 is 8.42 Å². The Morgan fingerprint density at radius 1 is 1.28 bits per heavy atom. The normalized spacial score (nSPS) is 13.4. The molecule has 0 aliphatic rings. The van der Waals surface area contributed by atoms with Crippen molar-refractivity contribution in [1.29, 1.82) is 0 Å². The van der Waals surface area contributed by atoms with Crippen LogP contribution in [0.4, 0.5) is 0 Å². The van der Waals surface area contributed by atoms with Crippen molar-refractivity contribution in [2.75, 3.05) is 6.26 Å². The van der Waals surface area contributed by atoms with Gasteiger partial charge in [-0.05, 0) is 40.1 Å². The topological polar surface area (TPSA) is 72.2 Å². The summed E-state index contributed by atoms with van der Waals surface area (Å²) in [6, 6.07) is 8.58. The monoisotopic (exact) mass is 282 g/mol. The first-order valence-electron chi connectivity index (χ1n) is 5.30. The minimum atomic E-state index is -3.20. The molecule has 0 bridgehead atoms. The maximum absolute atomic E-state index is 11.5. The van der Waals surface area contributed by atoms with Gasteiger partial charge in [-0.1, -0.05) is 12.1 Å². The maximum atomic E-state index is 11.5. The smallest absolute Gasteiger partial charge is 0.175 e. The first-order valence-corrected chi connectivity index (χ1v) is 8.14. The number of sulfone groups is 1. The molecule has 0 aliphatic carbocycles. The quantitative estimate of drug-likeness (QED) is 0.661. The fourth-order valence-electron chi connectivity index (χ4n) is 1.75. The SMILES string of the molecule is CS(=O)(=O)c1cccc(C(NN)c2ccsc2)c1. The lowest BCUT2D eigenvalue weighted by Crippen LogP contribution is -2.28. The Morgan fingerprint density at radius 2 is 2.06 bits per heavy atom. The van der Waals surface area contributed by atoms with Gasteiger partial charge < -0.3 is 0 Å². The van der Waals surface area contributed by atoms with E-state index in [4.69, 9.17) is 5.84 Å². The highest BCUT2D eigenvalue weighted by atomic mass is 32.2. The van der Waals surface area contributed by atoms with E-state index >= 15 is 0 Å². The van der Waals surface area contributed by atoms with Gasteiger partial charge in [-0.2, -0.15) is 11.3 Å². The predicted octanol–water partition coefficient (Wildman–Crippen LogP) is 1.70. The summed E-state index contributed by atoms with van der Waals surface area (Å²) in [4.78, 5) is 0.301. The Bertz CT molecular complexity index is 621. The van der Waals surface area contributed by atoms with Gasteiger partial charge in [0.25, 0.3) is 0 Å². The molecule has 6 heteroatoms. The average molecular weight is 282 g/mol. The zero-order chi connectivity index (χ0) is 13.2. The number of hydrazine groups is 1. The number of nitrogens with one attached hydrogen (secondary N) is 1. The van der Waals surface area contributed by atoms with E-state index in [2.05, 4.69) is 5.43 Å². The van der Waals surface area contributed by atoms with Gasteiger partial charge in [-0.15, -0.1) is 0 Å². The molecule has 1 aromatic carbocycles. The van der Waals surface area contributed by atoms with Gasteiger partial charge in [0.1, 0.15) is 0 Å². The van der Waals surface area contributed by atoms with Crippen LogP contribution in [0.1, 0.15) is 17.2 Å². The van der Waals surface area contributed by atoms with E-state index in [-0.39, 0.29) is 6.04 Å². The van der Waals surface area contributed by atoms with Crippen molar-refractivity contribution in [3.8, 4) is 0 Å². The summed E-state index contributed by atoms with van der Waals surface area (Å²) >= 11 is 1.57. The van der Waals surface area contributed by atoms with Crippen molar-refractivity contribution in [3.63, 3.8) is 0 Å². The van der Waals surface area contributed by atoms with Crippen LogP contribution in [0.5, 0.6) is 0 Å². The number of hydrogen-bond acceptors (Lipinski definition) is 5. The highest BCUT2D eigenvalue weighted by molar-refractivity contribution is 7.90. The van der Waals surface area contributed by atoms with Gasteiger partial charge in [0, 0.05) is 6.26 Å². The van der Waals surface area contributed by atoms with Crippen molar-refractivity contribution in [3.05, 3.63) is 52.2 Å². The Kier molecular flexibility index (Phi) is 3.82. The molecular weight excluding hydrogens is 268 g/mol. The minimum Gasteiger partial charge on any atom is -0.271 e. The second kappa shape index (κ2) is 5.19. The molecule has 1 aromatic heterocycles. The number of nitrogens with two attached hydrogens (primary N) is 1. The third-order valence-electron chi connectivity index (χ3n) is 2.66. The molecule has 0 saturated carbocycles. The lowest BCUT2D eigenvalue weighted by atomic mass is 10.0. The number of thiophene rings is 1. The molecule has 18 heavy (non-hydrogen) atoms. The first kappa shape index (κ1) is 13.2. The lowest BCUT2D eigenvalue weighted by molar-refractivity contribution is 0.600. The van der Waals surface area contributed by atoms with Crippen molar-refractivity contribution in [2.24, 2.45) is 5.84 Å². The molecular formula is C12H14N2O2S2. The van der Waals surface area contributed by atoms with Crippen LogP contribution in [0.25, 0.3) is 0 Å². The summed E-state index contributed by atoms with van der Waals surface area (Å²) in [7, 11) is -3.20. The molecule has 0 radical (unpaired) electrons. The molecule has 2 rings (SSSR count). The summed E-state index contributed by atoms with van der Waals surface area (Å²) in [5.41, 5.74) is 4.56. The molecule has 1 atom stereocenters. The van der Waals surface area contributed by atoms with Crippen LogP contribution in [0, 0.1) is 0 Å². The van der Waals surface area contributed by atoms with Crippen molar-refractivity contribution >= 4 is 21.2 Å². The van der Waals surface area contributed by atoms with Crippen molar-refractivity contribution in [2.45, 2.75) is 10.9 Å². The summed E-state index contributed by atoms with van der Waals surface area (Å²) in [5, 5.41) is 3.94. The van der Waals surface area contributed by atoms with Crippen LogP contribution in [-0.2, 0) is 9.84 Å². The molecule has 0 saturated heterocycles. The van der Waals surface area contributed by atoms with Crippen LogP contribution in [0.2, 0.25) is 0 Å². The van der Waals surface area contributed by atoms with Gasteiger partial charge in [0.2, 0.25) is 0 Å². The lowest BCUT2D eigenvalue weighted by Gasteiger charge is -2.15. The summed E-state index contributed by atoms with van der Waals surface area (Å²) in [6.45, 7) is 0. The van der Waals surface area contributed by atoms with E-state index in [9.17, 15) is 8.42 Å². The molecule has 0 aliphatic heterocycles. The standard InChI is InChI=1S/C12H14N2O2S2/c1-18(15,16)11-4-2-3-9(7-11)12(14-13)10-5-6-17-8-10/h2-8,12,14H,13H2,1H3. The van der Waals surface area contributed by atoms with E-state index in [1.54, 1.807) is 29.5 Å². The van der Waals surface area contributed by atoms with Crippen LogP contribution >= 0.6 is 11.3 Å². The van der Waals surface area contributed by atoms with E-state index in [0.717, 1.165) is 11.1 Å². The van der Waals surface area contributed by atoms with Gasteiger partial charge in [0.15, 0.2) is 9.84 Å². The van der Waals surface area contributed by atoms with Crippen LogP contribution < -0.4 is 11.3 Å². The third kappa shape index (κ3) is 2.78. The van der Waals surface area contributed by atoms with Crippen LogP contribution in [0.3, 0.4) is 0 Å². The van der Waals surface area contributed by atoms with Gasteiger partial charge in [-0.25, -0.2) is 13.8 Å². The van der Waals surface area contributed by atoms with Crippen molar-refractivity contribution in [1.82, 2.24) is 5.43 Å². The Balaban J connectivity index is 2.44. The third-order valence-corrected chi connectivity index (χ3v) is 4.47. The zero-order valence-electron chi connectivity index (χ0n) is 9.83. The summed E-state index contributed by atoms with van der Waals surface area (Å²) in [6.07, 6.45) is 1.20. The molecule has 96 valence electrons. The maximum Gasteiger partial charge on any atom is 0.175 e. The number of benzene rings is 1. The van der Waals surface area contributed by atoms with E-state index in [1.165, 1.54) is 6.26 Å². The highest BCUT2D eigenvalue weighted by Crippen LogP contribution is 2.25. The zero-order valence-corrected chi connectivity index (χ0v) is 11.5. The van der Waals surface area contributed by atoms with E-state index in [0.29, 0.717) is 4.90 Å². The van der Waals surface area contributed by atoms with Gasteiger partial charge in [-0.3, -0.25) is 5.84 Å². The molecule has 3 N–H and O–H groups in total. The molecule has 0 spiro atoms. The van der Waals surface area contributed by atoms with Gasteiger partial charge in [0.05, 0.1) is 10.9 Å². The minimum absolute atomic E-state index is 0.196. The van der Waals surface area contributed by atoms with E-state index < -0.39 is 9.84 Å².